The summed E-state index contributed by atoms with van der Waals surface area (Å²) in [4.78, 5) is 27.0. The molecule has 0 aromatic heterocycles. The van der Waals surface area contributed by atoms with E-state index in [4.69, 9.17) is 9.47 Å². The van der Waals surface area contributed by atoms with Gasteiger partial charge in [-0.05, 0) is 50.2 Å². The van der Waals surface area contributed by atoms with Crippen LogP contribution in [0.1, 0.15) is 34.6 Å². The SMILES string of the molecule is COc1cc(C(C)=O)ccc1OCC(O)CN1CCN(c2ccc(C(C)=O)cc2F)CC1. The zero-order valence-corrected chi connectivity index (χ0v) is 18.6. The van der Waals surface area contributed by atoms with Crippen LogP contribution in [0.15, 0.2) is 36.4 Å². The van der Waals surface area contributed by atoms with E-state index in [1.165, 1.54) is 27.0 Å². The fraction of sp³-hybridized carbons (Fsp3) is 0.417. The molecule has 1 atom stereocenters. The molecule has 172 valence electrons. The number of hydrogen-bond donors (Lipinski definition) is 1. The fourth-order valence-electron chi connectivity index (χ4n) is 3.70. The summed E-state index contributed by atoms with van der Waals surface area (Å²) in [6.45, 7) is 5.97. The average Bonchev–Trinajstić information content (AvgIpc) is 2.78. The van der Waals surface area contributed by atoms with Crippen molar-refractivity contribution in [1.82, 2.24) is 4.90 Å². The van der Waals surface area contributed by atoms with Crippen LogP contribution in [0, 0.1) is 5.82 Å². The van der Waals surface area contributed by atoms with Gasteiger partial charge in [0.1, 0.15) is 18.5 Å². The van der Waals surface area contributed by atoms with Crippen molar-refractivity contribution in [1.29, 1.82) is 0 Å². The van der Waals surface area contributed by atoms with E-state index < -0.39 is 11.9 Å². The molecule has 1 aliphatic heterocycles. The third kappa shape index (κ3) is 5.83. The Balaban J connectivity index is 1.49. The van der Waals surface area contributed by atoms with Crippen molar-refractivity contribution in [2.45, 2.75) is 20.0 Å². The molecule has 2 aromatic rings. The van der Waals surface area contributed by atoms with Crippen molar-refractivity contribution in [2.24, 2.45) is 0 Å². The van der Waals surface area contributed by atoms with Crippen LogP contribution in [-0.2, 0) is 0 Å². The number of ether oxygens (including phenoxy) is 2. The molecule has 3 rings (SSSR count). The number of carbonyl (C=O) groups is 2. The van der Waals surface area contributed by atoms with Crippen molar-refractivity contribution in [2.75, 3.05) is 51.3 Å². The number of Topliss-reactive ketones (excluding diaryl/α,β-unsaturated/α-hetero) is 2. The Bertz CT molecular complexity index is 973. The quantitative estimate of drug-likeness (QED) is 0.596. The van der Waals surface area contributed by atoms with E-state index in [1.807, 2.05) is 4.90 Å². The summed E-state index contributed by atoms with van der Waals surface area (Å²) in [7, 11) is 1.50. The summed E-state index contributed by atoms with van der Waals surface area (Å²) in [5, 5.41) is 10.4. The number of halogens is 1. The van der Waals surface area contributed by atoms with Gasteiger partial charge in [-0.15, -0.1) is 0 Å². The lowest BCUT2D eigenvalue weighted by molar-refractivity contribution is 0.0652. The summed E-state index contributed by atoms with van der Waals surface area (Å²) in [5.74, 6) is 0.277. The second-order valence-corrected chi connectivity index (χ2v) is 7.90. The number of aliphatic hydroxyl groups excluding tert-OH is 1. The Morgan fingerprint density at radius 2 is 1.62 bits per heavy atom. The number of anilines is 1. The van der Waals surface area contributed by atoms with Crippen LogP contribution in [0.5, 0.6) is 11.5 Å². The molecule has 1 saturated heterocycles. The van der Waals surface area contributed by atoms with Gasteiger partial charge >= 0.3 is 0 Å². The first-order valence-electron chi connectivity index (χ1n) is 10.6. The van der Waals surface area contributed by atoms with E-state index in [0.29, 0.717) is 61.0 Å². The Kier molecular flexibility index (Phi) is 7.82. The summed E-state index contributed by atoms with van der Waals surface area (Å²) < 4.78 is 25.4. The number of rotatable bonds is 9. The lowest BCUT2D eigenvalue weighted by atomic mass is 10.1. The number of nitrogens with zero attached hydrogens (tertiary/aromatic N) is 2. The minimum Gasteiger partial charge on any atom is -0.493 e. The monoisotopic (exact) mass is 444 g/mol. The van der Waals surface area contributed by atoms with E-state index in [0.717, 1.165) is 0 Å². The molecule has 0 amide bonds. The van der Waals surface area contributed by atoms with Crippen LogP contribution in [-0.4, -0.2) is 74.1 Å². The van der Waals surface area contributed by atoms with Gasteiger partial charge in [-0.2, -0.15) is 0 Å². The molecule has 0 bridgehead atoms. The molecule has 7 nitrogen and oxygen atoms in total. The third-order valence-corrected chi connectivity index (χ3v) is 5.54. The standard InChI is InChI=1S/C24H29FN2O5/c1-16(28)18-4-6-22(21(25)12-18)27-10-8-26(9-11-27)14-20(30)15-32-23-7-5-19(17(2)29)13-24(23)31-3/h4-7,12-13,20,30H,8-11,14-15H2,1-3H3. The highest BCUT2D eigenvalue weighted by molar-refractivity contribution is 5.95. The average molecular weight is 445 g/mol. The summed E-state index contributed by atoms with van der Waals surface area (Å²) in [6, 6.07) is 9.51. The molecule has 1 N–H and O–H groups in total. The zero-order chi connectivity index (χ0) is 23.3. The normalized spacial score (nSPS) is 15.3. The molecule has 0 radical (unpaired) electrons. The Hall–Kier alpha value is -2.97. The lowest BCUT2D eigenvalue weighted by Crippen LogP contribution is -2.49. The Labute approximate surface area is 187 Å². The molecule has 1 heterocycles. The molecular formula is C24H29FN2O5. The molecule has 32 heavy (non-hydrogen) atoms. The van der Waals surface area contributed by atoms with Crippen molar-refractivity contribution >= 4 is 17.3 Å². The topological polar surface area (TPSA) is 79.3 Å². The number of carbonyl (C=O) groups excluding carboxylic acids is 2. The number of β-amino-alcohol motifs (C(OH)–C–C–N with tert-alkyl or cyclic N) is 1. The maximum atomic E-state index is 14.4. The van der Waals surface area contributed by atoms with Gasteiger partial charge in [-0.3, -0.25) is 14.5 Å². The molecule has 0 aliphatic carbocycles. The predicted octanol–water partition coefficient (Wildman–Crippen LogP) is 2.80. The van der Waals surface area contributed by atoms with Crippen molar-refractivity contribution in [3.05, 3.63) is 53.3 Å². The van der Waals surface area contributed by atoms with Gasteiger partial charge in [0, 0.05) is 43.9 Å². The van der Waals surface area contributed by atoms with Gasteiger partial charge in [0.15, 0.2) is 23.1 Å². The van der Waals surface area contributed by atoms with Crippen molar-refractivity contribution in [3.8, 4) is 11.5 Å². The number of piperazine rings is 1. The van der Waals surface area contributed by atoms with E-state index in [-0.39, 0.29) is 18.2 Å². The van der Waals surface area contributed by atoms with E-state index in [9.17, 15) is 19.1 Å². The van der Waals surface area contributed by atoms with Crippen molar-refractivity contribution < 1.29 is 28.6 Å². The first-order chi connectivity index (χ1) is 15.3. The van der Waals surface area contributed by atoms with Gasteiger partial charge in [0.25, 0.3) is 0 Å². The number of aliphatic hydroxyl groups is 1. The van der Waals surface area contributed by atoms with Crippen molar-refractivity contribution in [3.63, 3.8) is 0 Å². The van der Waals surface area contributed by atoms with Crippen LogP contribution in [0.4, 0.5) is 10.1 Å². The number of methoxy groups -OCH3 is 1. The molecule has 0 saturated carbocycles. The highest BCUT2D eigenvalue weighted by atomic mass is 19.1. The van der Waals surface area contributed by atoms with Gasteiger partial charge in [-0.1, -0.05) is 0 Å². The van der Waals surface area contributed by atoms with E-state index in [1.54, 1.807) is 30.3 Å². The second-order valence-electron chi connectivity index (χ2n) is 7.90. The largest absolute Gasteiger partial charge is 0.493 e. The van der Waals surface area contributed by atoms with Crippen LogP contribution < -0.4 is 14.4 Å². The first kappa shape index (κ1) is 23.7. The smallest absolute Gasteiger partial charge is 0.161 e. The van der Waals surface area contributed by atoms with Gasteiger partial charge in [0.05, 0.1) is 12.8 Å². The third-order valence-electron chi connectivity index (χ3n) is 5.54. The molecule has 1 aliphatic rings. The maximum Gasteiger partial charge on any atom is 0.161 e. The number of benzene rings is 2. The fourth-order valence-corrected chi connectivity index (χ4v) is 3.70. The van der Waals surface area contributed by atoms with Gasteiger partial charge < -0.3 is 19.5 Å². The highest BCUT2D eigenvalue weighted by Gasteiger charge is 2.22. The number of hydrogen-bond acceptors (Lipinski definition) is 7. The van der Waals surface area contributed by atoms with Crippen LogP contribution in [0.25, 0.3) is 0 Å². The summed E-state index contributed by atoms with van der Waals surface area (Å²) in [5.41, 5.74) is 1.38. The van der Waals surface area contributed by atoms with Gasteiger partial charge in [-0.25, -0.2) is 4.39 Å². The van der Waals surface area contributed by atoms with Gasteiger partial charge in [0.2, 0.25) is 0 Å². The molecular weight excluding hydrogens is 415 g/mol. The first-order valence-corrected chi connectivity index (χ1v) is 10.6. The molecule has 2 aromatic carbocycles. The summed E-state index contributed by atoms with van der Waals surface area (Å²) in [6.07, 6.45) is -0.717. The molecule has 1 fully saturated rings. The highest BCUT2D eigenvalue weighted by Crippen LogP contribution is 2.28. The molecule has 8 heteroatoms. The van der Waals surface area contributed by atoms with E-state index >= 15 is 0 Å². The predicted molar refractivity (Wildman–Crippen MR) is 120 cm³/mol. The Morgan fingerprint density at radius 3 is 2.22 bits per heavy atom. The molecule has 1 unspecified atom stereocenters. The van der Waals surface area contributed by atoms with Crippen LogP contribution >= 0.6 is 0 Å². The minimum atomic E-state index is -0.717. The number of ketones is 2. The summed E-state index contributed by atoms with van der Waals surface area (Å²) >= 11 is 0. The maximum absolute atomic E-state index is 14.4. The van der Waals surface area contributed by atoms with E-state index in [2.05, 4.69) is 4.90 Å². The Morgan fingerprint density at radius 1 is 1.00 bits per heavy atom. The lowest BCUT2D eigenvalue weighted by Gasteiger charge is -2.37. The zero-order valence-electron chi connectivity index (χ0n) is 18.6. The minimum absolute atomic E-state index is 0.0660. The second kappa shape index (κ2) is 10.6. The molecule has 0 spiro atoms. The van der Waals surface area contributed by atoms with Crippen LogP contribution in [0.2, 0.25) is 0 Å². The van der Waals surface area contributed by atoms with Crippen LogP contribution in [0.3, 0.4) is 0 Å².